The summed E-state index contributed by atoms with van der Waals surface area (Å²) in [4.78, 5) is 2.42. The van der Waals surface area contributed by atoms with Crippen LogP contribution < -0.4 is 0 Å². The van der Waals surface area contributed by atoms with E-state index in [1.807, 2.05) is 0 Å². The molecule has 0 aliphatic carbocycles. The summed E-state index contributed by atoms with van der Waals surface area (Å²) < 4.78 is 5.71. The van der Waals surface area contributed by atoms with Gasteiger partial charge in [0.05, 0.1) is 5.71 Å². The van der Waals surface area contributed by atoms with Gasteiger partial charge in [0, 0.05) is 45.7 Å². The quantitative estimate of drug-likeness (QED) is 0.432. The molecule has 1 aliphatic heterocycles. The zero-order chi connectivity index (χ0) is 15.5. The van der Waals surface area contributed by atoms with Gasteiger partial charge in [-0.3, -0.25) is 0 Å². The number of hydrogen-bond acceptors (Lipinski definition) is 4. The van der Waals surface area contributed by atoms with E-state index in [2.05, 4.69) is 40.4 Å². The van der Waals surface area contributed by atoms with Crippen LogP contribution >= 0.6 is 0 Å². The van der Waals surface area contributed by atoms with E-state index in [1.165, 1.54) is 12.0 Å². The lowest BCUT2D eigenvalue weighted by Crippen LogP contribution is -2.35. The topological polar surface area (TPSA) is 45.1 Å². The lowest BCUT2D eigenvalue weighted by Gasteiger charge is -2.26. The van der Waals surface area contributed by atoms with Gasteiger partial charge in [0.2, 0.25) is 0 Å². The molecule has 0 bridgehead atoms. The van der Waals surface area contributed by atoms with Crippen LogP contribution in [-0.4, -0.2) is 48.7 Å². The fourth-order valence-electron chi connectivity index (χ4n) is 2.80. The number of nitrogens with zero attached hydrogens (tertiary/aromatic N) is 2. The molecular weight excluding hydrogens is 276 g/mol. The van der Waals surface area contributed by atoms with Crippen molar-refractivity contribution in [1.82, 2.24) is 4.90 Å². The van der Waals surface area contributed by atoms with Gasteiger partial charge in [-0.2, -0.15) is 0 Å². The highest BCUT2D eigenvalue weighted by Gasteiger charge is 2.14. The molecule has 2 rings (SSSR count). The average Bonchev–Trinajstić information content (AvgIpc) is 2.59. The van der Waals surface area contributed by atoms with Crippen molar-refractivity contribution in [1.29, 1.82) is 0 Å². The second-order valence-corrected chi connectivity index (χ2v) is 5.92. The number of ether oxygens (including phenoxy) is 1. The average molecular weight is 304 g/mol. The molecule has 122 valence electrons. The summed E-state index contributed by atoms with van der Waals surface area (Å²) in [5.41, 5.74) is 2.35. The minimum absolute atomic E-state index is 0.850. The zero-order valence-electron chi connectivity index (χ0n) is 13.4. The van der Waals surface area contributed by atoms with Crippen molar-refractivity contribution in [2.24, 2.45) is 5.16 Å². The maximum atomic E-state index is 8.72. The van der Waals surface area contributed by atoms with Gasteiger partial charge in [-0.25, -0.2) is 0 Å². The van der Waals surface area contributed by atoms with Crippen molar-refractivity contribution in [2.45, 2.75) is 38.5 Å². The molecule has 1 fully saturated rings. The minimum atomic E-state index is 0.850. The molecule has 0 unspecified atom stereocenters. The number of likely N-dealkylation sites (tertiary alicyclic amines) is 1. The van der Waals surface area contributed by atoms with Crippen LogP contribution in [0.15, 0.2) is 35.5 Å². The van der Waals surface area contributed by atoms with Crippen molar-refractivity contribution in [2.75, 3.05) is 32.8 Å². The SMILES string of the molecule is ON=C1CCN(CCCOCCCCc2ccccc2)CC1. The van der Waals surface area contributed by atoms with Gasteiger partial charge < -0.3 is 14.8 Å². The Morgan fingerprint density at radius 2 is 1.73 bits per heavy atom. The van der Waals surface area contributed by atoms with Crippen molar-refractivity contribution < 1.29 is 9.94 Å². The van der Waals surface area contributed by atoms with Crippen molar-refractivity contribution >= 4 is 5.71 Å². The third-order valence-corrected chi connectivity index (χ3v) is 4.18. The molecule has 1 saturated heterocycles. The van der Waals surface area contributed by atoms with Crippen molar-refractivity contribution in [3.8, 4) is 0 Å². The Hall–Kier alpha value is -1.39. The first-order chi connectivity index (χ1) is 10.9. The molecule has 0 saturated carbocycles. The number of oxime groups is 1. The van der Waals surface area contributed by atoms with Crippen molar-refractivity contribution in [3.63, 3.8) is 0 Å². The molecule has 0 spiro atoms. The molecule has 1 aromatic carbocycles. The summed E-state index contributed by atoms with van der Waals surface area (Å²) in [5, 5.41) is 12.0. The predicted octanol–water partition coefficient (Wildman–Crippen LogP) is 3.34. The number of aryl methyl sites for hydroxylation is 1. The Kier molecular flexibility index (Phi) is 7.99. The molecular formula is C18H28N2O2. The molecule has 4 heteroatoms. The van der Waals surface area contributed by atoms with E-state index in [4.69, 9.17) is 9.94 Å². The molecule has 0 aromatic heterocycles. The summed E-state index contributed by atoms with van der Waals surface area (Å²) in [6, 6.07) is 10.6. The largest absolute Gasteiger partial charge is 0.411 e. The van der Waals surface area contributed by atoms with E-state index in [9.17, 15) is 0 Å². The summed E-state index contributed by atoms with van der Waals surface area (Å²) in [6.07, 6.45) is 6.36. The number of unbranched alkanes of at least 4 members (excludes halogenated alkanes) is 1. The van der Waals surface area contributed by atoms with Crippen molar-refractivity contribution in [3.05, 3.63) is 35.9 Å². The number of piperidine rings is 1. The monoisotopic (exact) mass is 304 g/mol. The molecule has 22 heavy (non-hydrogen) atoms. The number of hydrogen-bond donors (Lipinski definition) is 1. The third-order valence-electron chi connectivity index (χ3n) is 4.18. The van der Waals surface area contributed by atoms with Crippen LogP contribution in [0.5, 0.6) is 0 Å². The molecule has 1 heterocycles. The van der Waals surface area contributed by atoms with Crippen LogP contribution in [0.25, 0.3) is 0 Å². The predicted molar refractivity (Wildman–Crippen MR) is 89.7 cm³/mol. The molecule has 0 atom stereocenters. The van der Waals surface area contributed by atoms with Gasteiger partial charge in [-0.15, -0.1) is 0 Å². The second kappa shape index (κ2) is 10.4. The first kappa shape index (κ1) is 17.0. The lowest BCUT2D eigenvalue weighted by atomic mass is 10.1. The van der Waals surface area contributed by atoms with E-state index in [0.29, 0.717) is 0 Å². The molecule has 1 aromatic rings. The normalized spacial score (nSPS) is 15.9. The van der Waals surface area contributed by atoms with Crippen LogP contribution in [0.4, 0.5) is 0 Å². The number of benzene rings is 1. The second-order valence-electron chi connectivity index (χ2n) is 5.92. The molecule has 1 aliphatic rings. The maximum absolute atomic E-state index is 8.72. The van der Waals surface area contributed by atoms with E-state index < -0.39 is 0 Å². The fourth-order valence-corrected chi connectivity index (χ4v) is 2.80. The smallest absolute Gasteiger partial charge is 0.0596 e. The third kappa shape index (κ3) is 6.58. The van der Waals surface area contributed by atoms with E-state index >= 15 is 0 Å². The van der Waals surface area contributed by atoms with Gasteiger partial charge in [0.1, 0.15) is 0 Å². The lowest BCUT2D eigenvalue weighted by molar-refractivity contribution is 0.117. The van der Waals surface area contributed by atoms with E-state index in [1.54, 1.807) is 0 Å². The Labute approximate surface area is 133 Å². The van der Waals surface area contributed by atoms with E-state index in [-0.39, 0.29) is 0 Å². The Balaban J connectivity index is 1.40. The maximum Gasteiger partial charge on any atom is 0.0596 e. The van der Waals surface area contributed by atoms with Crippen LogP contribution in [0, 0.1) is 0 Å². The molecule has 1 N–H and O–H groups in total. The van der Waals surface area contributed by atoms with Gasteiger partial charge >= 0.3 is 0 Å². The molecule has 4 nitrogen and oxygen atoms in total. The van der Waals surface area contributed by atoms with Gasteiger partial charge in [0.15, 0.2) is 0 Å². The summed E-state index contributed by atoms with van der Waals surface area (Å²) in [5.74, 6) is 0. The Morgan fingerprint density at radius 1 is 1.00 bits per heavy atom. The number of rotatable bonds is 9. The molecule has 0 radical (unpaired) electrons. The standard InChI is InChI=1S/C18H28N2O2/c21-19-18-10-13-20(14-11-18)12-6-16-22-15-5-4-9-17-7-2-1-3-8-17/h1-3,7-8,21H,4-6,9-16H2. The van der Waals surface area contributed by atoms with Gasteiger partial charge in [0.25, 0.3) is 0 Å². The molecule has 0 amide bonds. The van der Waals surface area contributed by atoms with Crippen LogP contribution in [0.1, 0.15) is 37.7 Å². The highest BCUT2D eigenvalue weighted by molar-refractivity contribution is 5.84. The summed E-state index contributed by atoms with van der Waals surface area (Å²) in [7, 11) is 0. The van der Waals surface area contributed by atoms with Crippen LogP contribution in [0.3, 0.4) is 0 Å². The first-order valence-corrected chi connectivity index (χ1v) is 8.42. The highest BCUT2D eigenvalue weighted by atomic mass is 16.5. The highest BCUT2D eigenvalue weighted by Crippen LogP contribution is 2.08. The summed E-state index contributed by atoms with van der Waals surface area (Å²) in [6.45, 7) is 4.83. The van der Waals surface area contributed by atoms with Crippen LogP contribution in [0.2, 0.25) is 0 Å². The summed E-state index contributed by atoms with van der Waals surface area (Å²) >= 11 is 0. The zero-order valence-corrected chi connectivity index (χ0v) is 13.4. The minimum Gasteiger partial charge on any atom is -0.411 e. The Bertz CT molecular complexity index is 424. The Morgan fingerprint density at radius 3 is 2.45 bits per heavy atom. The van der Waals surface area contributed by atoms with Crippen LogP contribution in [-0.2, 0) is 11.2 Å². The first-order valence-electron chi connectivity index (χ1n) is 8.42. The van der Waals surface area contributed by atoms with Gasteiger partial charge in [-0.1, -0.05) is 35.5 Å². The fraction of sp³-hybridized carbons (Fsp3) is 0.611. The van der Waals surface area contributed by atoms with Gasteiger partial charge in [-0.05, 0) is 31.2 Å². The van der Waals surface area contributed by atoms with E-state index in [0.717, 1.165) is 70.7 Å².